The Labute approximate surface area is 260 Å². The molecule has 0 spiro atoms. The molecule has 224 valence electrons. The Kier molecular flexibility index (Phi) is 10.7. The maximum Gasteiger partial charge on any atom is 0.264 e. The van der Waals surface area contributed by atoms with Gasteiger partial charge in [-0.2, -0.15) is 0 Å². The third-order valence-corrected chi connectivity index (χ3v) is 9.15. The second-order valence-electron chi connectivity index (χ2n) is 10.1. The first-order chi connectivity index (χ1) is 20.6. The van der Waals surface area contributed by atoms with Gasteiger partial charge in [-0.05, 0) is 67.4 Å². The number of likely N-dealkylation sites (N-methyl/N-ethyl adjacent to an activating group) is 1. The summed E-state index contributed by atoms with van der Waals surface area (Å²) in [6.07, 6.45) is 0.196. The van der Waals surface area contributed by atoms with Gasteiger partial charge in [0.05, 0.1) is 10.6 Å². The van der Waals surface area contributed by atoms with Crippen molar-refractivity contribution < 1.29 is 22.4 Å². The molecule has 0 radical (unpaired) electrons. The first-order valence-electron chi connectivity index (χ1n) is 13.8. The number of sulfonamides is 1. The summed E-state index contributed by atoms with van der Waals surface area (Å²) in [5, 5.41) is 2.82. The fourth-order valence-corrected chi connectivity index (χ4v) is 6.42. The summed E-state index contributed by atoms with van der Waals surface area (Å²) in [6, 6.07) is 27.0. The van der Waals surface area contributed by atoms with E-state index >= 15 is 0 Å². The van der Waals surface area contributed by atoms with Crippen LogP contribution in [0.4, 0.5) is 10.1 Å². The highest BCUT2D eigenvalue weighted by atomic mass is 79.9. The number of nitrogens with one attached hydrogen (secondary N) is 1. The van der Waals surface area contributed by atoms with E-state index in [9.17, 15) is 22.4 Å². The Morgan fingerprint density at radius 2 is 1.56 bits per heavy atom. The van der Waals surface area contributed by atoms with E-state index in [1.807, 2.05) is 37.3 Å². The van der Waals surface area contributed by atoms with E-state index in [1.54, 1.807) is 55.5 Å². The van der Waals surface area contributed by atoms with Crippen molar-refractivity contribution in [2.75, 3.05) is 17.4 Å². The van der Waals surface area contributed by atoms with Crippen molar-refractivity contribution in [2.45, 2.75) is 37.8 Å². The number of nitrogens with zero attached hydrogens (tertiary/aromatic N) is 2. The molecule has 0 saturated heterocycles. The van der Waals surface area contributed by atoms with Gasteiger partial charge in [-0.1, -0.05) is 82.2 Å². The predicted octanol–water partition coefficient (Wildman–Crippen LogP) is 5.87. The Balaban J connectivity index is 1.79. The van der Waals surface area contributed by atoms with Gasteiger partial charge in [0.2, 0.25) is 11.8 Å². The summed E-state index contributed by atoms with van der Waals surface area (Å²) in [6.45, 7) is 3.37. The maximum absolute atomic E-state index is 14.3. The number of halogens is 2. The molecular weight excluding hydrogens is 633 g/mol. The molecule has 0 aliphatic carbocycles. The molecule has 1 N–H and O–H groups in total. The van der Waals surface area contributed by atoms with Gasteiger partial charge < -0.3 is 10.2 Å². The molecule has 10 heteroatoms. The van der Waals surface area contributed by atoms with Crippen molar-refractivity contribution in [1.29, 1.82) is 0 Å². The molecule has 0 unspecified atom stereocenters. The molecule has 0 aliphatic heterocycles. The highest BCUT2D eigenvalue weighted by Gasteiger charge is 2.34. The summed E-state index contributed by atoms with van der Waals surface area (Å²) in [4.78, 5) is 29.2. The van der Waals surface area contributed by atoms with E-state index in [-0.39, 0.29) is 29.5 Å². The van der Waals surface area contributed by atoms with E-state index in [0.29, 0.717) is 16.6 Å². The zero-order chi connectivity index (χ0) is 31.0. The highest BCUT2D eigenvalue weighted by molar-refractivity contribution is 9.10. The fraction of sp³-hybridized carbons (Fsp3) is 0.212. The molecule has 43 heavy (non-hydrogen) atoms. The number of carbonyl (C=O) groups excluding carboxylic acids is 2. The number of amides is 2. The molecule has 0 aromatic heterocycles. The van der Waals surface area contributed by atoms with Crippen LogP contribution in [-0.4, -0.2) is 44.3 Å². The second-order valence-corrected chi connectivity index (χ2v) is 12.8. The van der Waals surface area contributed by atoms with Crippen molar-refractivity contribution in [2.24, 2.45) is 0 Å². The van der Waals surface area contributed by atoms with Crippen LogP contribution in [0.25, 0.3) is 0 Å². The van der Waals surface area contributed by atoms with Crippen molar-refractivity contribution in [3.63, 3.8) is 0 Å². The average Bonchev–Trinajstić information content (AvgIpc) is 2.99. The number of rotatable bonds is 12. The Morgan fingerprint density at radius 1 is 0.884 bits per heavy atom. The van der Waals surface area contributed by atoms with Crippen LogP contribution in [0.2, 0.25) is 0 Å². The lowest BCUT2D eigenvalue weighted by Crippen LogP contribution is -2.53. The SMILES string of the molecule is CCNC(=O)[C@@H](Cc1ccccc1)N(Cc1ccc(F)cc1)C(=O)CN(c1cccc(Br)c1)S(=O)(=O)c1ccc(C)cc1. The van der Waals surface area contributed by atoms with E-state index in [4.69, 9.17) is 0 Å². The van der Waals surface area contributed by atoms with E-state index < -0.39 is 34.3 Å². The number of aryl methyl sites for hydroxylation is 1. The van der Waals surface area contributed by atoms with E-state index in [0.717, 1.165) is 15.4 Å². The summed E-state index contributed by atoms with van der Waals surface area (Å²) < 4.78 is 43.5. The minimum atomic E-state index is -4.19. The molecule has 0 aliphatic rings. The molecule has 4 aromatic carbocycles. The third kappa shape index (κ3) is 8.30. The predicted molar refractivity (Wildman–Crippen MR) is 169 cm³/mol. The van der Waals surface area contributed by atoms with Crippen LogP contribution in [0, 0.1) is 12.7 Å². The zero-order valence-corrected chi connectivity index (χ0v) is 26.3. The molecular formula is C33H33BrFN3O4S. The van der Waals surface area contributed by atoms with Crippen LogP contribution in [-0.2, 0) is 32.6 Å². The third-order valence-electron chi connectivity index (χ3n) is 6.87. The monoisotopic (exact) mass is 665 g/mol. The van der Waals surface area contributed by atoms with Crippen LogP contribution < -0.4 is 9.62 Å². The Hall–Kier alpha value is -4.02. The average molecular weight is 667 g/mol. The first-order valence-corrected chi connectivity index (χ1v) is 16.0. The highest BCUT2D eigenvalue weighted by Crippen LogP contribution is 2.27. The second kappa shape index (κ2) is 14.4. The van der Waals surface area contributed by atoms with Crippen LogP contribution in [0.3, 0.4) is 0 Å². The summed E-state index contributed by atoms with van der Waals surface area (Å²) in [5.74, 6) is -1.40. The van der Waals surface area contributed by atoms with E-state index in [2.05, 4.69) is 21.2 Å². The van der Waals surface area contributed by atoms with Gasteiger partial charge in [-0.25, -0.2) is 12.8 Å². The number of carbonyl (C=O) groups is 2. The molecule has 0 bridgehead atoms. The van der Waals surface area contributed by atoms with Gasteiger partial charge in [0.25, 0.3) is 10.0 Å². The molecule has 0 heterocycles. The van der Waals surface area contributed by atoms with Gasteiger partial charge in [-0.3, -0.25) is 13.9 Å². The Morgan fingerprint density at radius 3 is 2.19 bits per heavy atom. The summed E-state index contributed by atoms with van der Waals surface area (Å²) in [7, 11) is -4.19. The normalized spacial score (nSPS) is 11.9. The van der Waals surface area contributed by atoms with Gasteiger partial charge in [0.1, 0.15) is 18.4 Å². The molecule has 4 rings (SSSR count). The van der Waals surface area contributed by atoms with Crippen molar-refractivity contribution in [1.82, 2.24) is 10.2 Å². The number of hydrogen-bond acceptors (Lipinski definition) is 4. The number of hydrogen-bond donors (Lipinski definition) is 1. The van der Waals surface area contributed by atoms with Crippen molar-refractivity contribution >= 4 is 43.5 Å². The van der Waals surface area contributed by atoms with Gasteiger partial charge in [-0.15, -0.1) is 0 Å². The van der Waals surface area contributed by atoms with Crippen molar-refractivity contribution in [3.05, 3.63) is 130 Å². The molecule has 4 aromatic rings. The van der Waals surface area contributed by atoms with Crippen molar-refractivity contribution in [3.8, 4) is 0 Å². The van der Waals surface area contributed by atoms with Gasteiger partial charge in [0, 0.05) is 24.0 Å². The van der Waals surface area contributed by atoms with Gasteiger partial charge in [0.15, 0.2) is 0 Å². The maximum atomic E-state index is 14.3. The summed E-state index contributed by atoms with van der Waals surface area (Å²) in [5.41, 5.74) is 2.59. The van der Waals surface area contributed by atoms with E-state index in [1.165, 1.54) is 29.2 Å². The molecule has 2 amide bonds. The number of benzene rings is 4. The standard InChI is InChI=1S/C33H33BrFN3O4S/c1-3-36-33(40)31(20-25-8-5-4-6-9-25)37(22-26-14-16-28(35)17-15-26)32(39)23-38(29-11-7-10-27(34)21-29)43(41,42)30-18-12-24(2)13-19-30/h4-19,21,31H,3,20,22-23H2,1-2H3,(H,36,40)/t31-/m1/s1. The lowest BCUT2D eigenvalue weighted by Gasteiger charge is -2.34. The largest absolute Gasteiger partial charge is 0.355 e. The minimum Gasteiger partial charge on any atom is -0.355 e. The molecule has 0 saturated carbocycles. The summed E-state index contributed by atoms with van der Waals surface area (Å²) >= 11 is 3.40. The first kappa shape index (κ1) is 31.9. The lowest BCUT2D eigenvalue weighted by atomic mass is 10.0. The van der Waals surface area contributed by atoms with Gasteiger partial charge >= 0.3 is 0 Å². The van der Waals surface area contributed by atoms with Crippen LogP contribution in [0.1, 0.15) is 23.6 Å². The fourth-order valence-electron chi connectivity index (χ4n) is 4.63. The lowest BCUT2D eigenvalue weighted by molar-refractivity contribution is -0.140. The van der Waals surface area contributed by atoms with Crippen LogP contribution in [0.5, 0.6) is 0 Å². The zero-order valence-electron chi connectivity index (χ0n) is 23.9. The minimum absolute atomic E-state index is 0.0283. The van der Waals surface area contributed by atoms with Crippen LogP contribution in [0.15, 0.2) is 112 Å². The Bertz CT molecular complexity index is 1650. The molecule has 7 nitrogen and oxygen atoms in total. The number of anilines is 1. The van der Waals surface area contributed by atoms with Crippen LogP contribution >= 0.6 is 15.9 Å². The topological polar surface area (TPSA) is 86.8 Å². The quantitative estimate of drug-likeness (QED) is 0.205. The smallest absolute Gasteiger partial charge is 0.264 e. The molecule has 1 atom stereocenters. The molecule has 0 fully saturated rings.